The first-order valence-corrected chi connectivity index (χ1v) is 8.33. The maximum Gasteiger partial charge on any atom is 0.268 e. The van der Waals surface area contributed by atoms with Crippen molar-refractivity contribution in [2.75, 3.05) is 26.9 Å². The fourth-order valence-electron chi connectivity index (χ4n) is 2.41. The number of hydrogen-bond donors (Lipinski definition) is 0. The summed E-state index contributed by atoms with van der Waals surface area (Å²) in [6.45, 7) is 5.27. The van der Waals surface area contributed by atoms with E-state index in [1.165, 1.54) is 11.3 Å². The molecular weight excluding hydrogens is 318 g/mol. The van der Waals surface area contributed by atoms with Crippen LogP contribution in [0.25, 0.3) is 0 Å². The molecule has 0 spiro atoms. The highest BCUT2D eigenvalue weighted by molar-refractivity contribution is 7.12. The van der Waals surface area contributed by atoms with E-state index in [0.29, 0.717) is 42.2 Å². The topological polar surface area (TPSA) is 77.7 Å². The zero-order chi connectivity index (χ0) is 16.4. The average molecular weight is 337 g/mol. The van der Waals surface area contributed by atoms with Crippen LogP contribution in [0.5, 0.6) is 5.75 Å². The Labute approximate surface area is 138 Å². The normalized spacial score (nSPS) is 18.4. The highest BCUT2D eigenvalue weighted by Gasteiger charge is 2.35. The van der Waals surface area contributed by atoms with Crippen LogP contribution in [0.3, 0.4) is 0 Å². The van der Waals surface area contributed by atoms with E-state index in [1.54, 1.807) is 18.1 Å². The summed E-state index contributed by atoms with van der Waals surface area (Å²) in [5, 5.41) is 9.99. The molecule has 1 atom stereocenters. The number of nitrogens with zero attached hydrogens (tertiary/aromatic N) is 3. The van der Waals surface area contributed by atoms with Gasteiger partial charge in [0.1, 0.15) is 16.7 Å². The van der Waals surface area contributed by atoms with Crippen molar-refractivity contribution >= 4 is 17.2 Å². The van der Waals surface area contributed by atoms with Crippen LogP contribution in [0.4, 0.5) is 0 Å². The third kappa shape index (κ3) is 3.09. The Morgan fingerprint density at radius 1 is 1.48 bits per heavy atom. The number of aromatic nitrogens is 2. The molecule has 3 heterocycles. The molecule has 0 radical (unpaired) electrons. The lowest BCUT2D eigenvalue weighted by atomic mass is 10.2. The van der Waals surface area contributed by atoms with E-state index in [4.69, 9.17) is 13.9 Å². The van der Waals surface area contributed by atoms with Gasteiger partial charge in [0.05, 0.1) is 20.3 Å². The second kappa shape index (κ2) is 6.67. The van der Waals surface area contributed by atoms with Crippen LogP contribution >= 0.6 is 11.3 Å². The van der Waals surface area contributed by atoms with Gasteiger partial charge in [0, 0.05) is 12.5 Å². The molecule has 3 rings (SSSR count). The summed E-state index contributed by atoms with van der Waals surface area (Å²) < 4.78 is 16.5. The number of carbonyl (C=O) groups excluding carboxylic acids is 1. The number of thiophene rings is 1. The Morgan fingerprint density at radius 2 is 2.30 bits per heavy atom. The Kier molecular flexibility index (Phi) is 4.63. The van der Waals surface area contributed by atoms with E-state index in [-0.39, 0.29) is 17.9 Å². The zero-order valence-electron chi connectivity index (χ0n) is 13.3. The molecular formula is C15H19N3O4S. The van der Waals surface area contributed by atoms with Crippen molar-refractivity contribution in [1.82, 2.24) is 15.1 Å². The molecule has 1 aliphatic rings. The Balaban J connectivity index is 1.87. The standard InChI is InChI=1S/C15H19N3O4S/c1-9(2)13-16-17-14(22-13)10-8-21-6-5-18(10)15(19)12-11(20-3)4-7-23-12/h4,7,9-10H,5-6,8H2,1-3H3/t10-/m0/s1. The Hall–Kier alpha value is -1.93. The van der Waals surface area contributed by atoms with E-state index >= 15 is 0 Å². The number of ether oxygens (including phenoxy) is 2. The van der Waals surface area contributed by atoms with Crippen molar-refractivity contribution in [1.29, 1.82) is 0 Å². The number of morpholine rings is 1. The van der Waals surface area contributed by atoms with Gasteiger partial charge >= 0.3 is 0 Å². The minimum atomic E-state index is -0.372. The number of rotatable bonds is 4. The Bertz CT molecular complexity index is 682. The van der Waals surface area contributed by atoms with Gasteiger partial charge in [-0.25, -0.2) is 0 Å². The summed E-state index contributed by atoms with van der Waals surface area (Å²) in [4.78, 5) is 15.2. The van der Waals surface area contributed by atoms with Crippen molar-refractivity contribution < 1.29 is 18.7 Å². The molecule has 8 heteroatoms. The third-order valence-electron chi connectivity index (χ3n) is 3.67. The summed E-state index contributed by atoms with van der Waals surface area (Å²) in [5.41, 5.74) is 0. The van der Waals surface area contributed by atoms with Crippen molar-refractivity contribution in [2.24, 2.45) is 0 Å². The molecule has 23 heavy (non-hydrogen) atoms. The molecule has 0 saturated carbocycles. The quantitative estimate of drug-likeness (QED) is 0.853. The molecule has 2 aromatic rings. The maximum absolute atomic E-state index is 12.9. The Morgan fingerprint density at radius 3 is 3.00 bits per heavy atom. The van der Waals surface area contributed by atoms with E-state index in [9.17, 15) is 4.79 Å². The van der Waals surface area contributed by atoms with Crippen LogP contribution in [-0.2, 0) is 4.74 Å². The SMILES string of the molecule is COc1ccsc1C(=O)N1CCOC[C@H]1c1nnc(C(C)C)o1. The molecule has 7 nitrogen and oxygen atoms in total. The van der Waals surface area contributed by atoms with Crippen LogP contribution in [0.2, 0.25) is 0 Å². The predicted octanol–water partition coefficient (Wildman–Crippen LogP) is 2.48. The van der Waals surface area contributed by atoms with Crippen molar-refractivity contribution in [3.8, 4) is 5.75 Å². The van der Waals surface area contributed by atoms with Gasteiger partial charge in [-0.15, -0.1) is 21.5 Å². The van der Waals surface area contributed by atoms with E-state index in [1.807, 2.05) is 19.2 Å². The molecule has 1 saturated heterocycles. The number of hydrogen-bond acceptors (Lipinski definition) is 7. The lowest BCUT2D eigenvalue weighted by molar-refractivity contribution is -0.0106. The number of amides is 1. The summed E-state index contributed by atoms with van der Waals surface area (Å²) in [6, 6.07) is 1.42. The lowest BCUT2D eigenvalue weighted by Crippen LogP contribution is -2.43. The number of methoxy groups -OCH3 is 1. The van der Waals surface area contributed by atoms with E-state index < -0.39 is 0 Å². The van der Waals surface area contributed by atoms with Crippen LogP contribution in [0.15, 0.2) is 15.9 Å². The van der Waals surface area contributed by atoms with Crippen molar-refractivity contribution in [3.05, 3.63) is 28.1 Å². The van der Waals surface area contributed by atoms with Crippen molar-refractivity contribution in [3.63, 3.8) is 0 Å². The monoisotopic (exact) mass is 337 g/mol. The van der Waals surface area contributed by atoms with Crippen LogP contribution in [-0.4, -0.2) is 47.9 Å². The fourth-order valence-corrected chi connectivity index (χ4v) is 3.22. The number of carbonyl (C=O) groups is 1. The van der Waals surface area contributed by atoms with Crippen LogP contribution in [0.1, 0.15) is 47.3 Å². The lowest BCUT2D eigenvalue weighted by Gasteiger charge is -2.33. The predicted molar refractivity (Wildman–Crippen MR) is 83.9 cm³/mol. The molecule has 1 amide bonds. The fraction of sp³-hybridized carbons (Fsp3) is 0.533. The molecule has 1 aliphatic heterocycles. The average Bonchev–Trinajstić information content (AvgIpc) is 3.23. The highest BCUT2D eigenvalue weighted by atomic mass is 32.1. The molecule has 0 aromatic carbocycles. The zero-order valence-corrected chi connectivity index (χ0v) is 14.1. The largest absolute Gasteiger partial charge is 0.495 e. The first-order valence-electron chi connectivity index (χ1n) is 7.45. The summed E-state index contributed by atoms with van der Waals surface area (Å²) in [5.74, 6) is 1.60. The third-order valence-corrected chi connectivity index (χ3v) is 4.55. The minimum Gasteiger partial charge on any atom is -0.495 e. The van der Waals surface area contributed by atoms with Gasteiger partial charge in [0.15, 0.2) is 0 Å². The van der Waals surface area contributed by atoms with Crippen LogP contribution in [0, 0.1) is 0 Å². The van der Waals surface area contributed by atoms with Crippen molar-refractivity contribution in [2.45, 2.75) is 25.8 Å². The molecule has 0 N–H and O–H groups in total. The molecule has 0 unspecified atom stereocenters. The summed E-state index contributed by atoms with van der Waals surface area (Å²) in [6.07, 6.45) is 0. The molecule has 1 fully saturated rings. The van der Waals surface area contributed by atoms with Gasteiger partial charge in [-0.05, 0) is 11.4 Å². The van der Waals surface area contributed by atoms with Gasteiger partial charge in [0.25, 0.3) is 5.91 Å². The van der Waals surface area contributed by atoms with Gasteiger partial charge < -0.3 is 18.8 Å². The maximum atomic E-state index is 12.9. The van der Waals surface area contributed by atoms with Crippen LogP contribution < -0.4 is 4.74 Å². The summed E-state index contributed by atoms with van der Waals surface area (Å²) >= 11 is 1.36. The van der Waals surface area contributed by atoms with E-state index in [0.717, 1.165) is 0 Å². The van der Waals surface area contributed by atoms with Gasteiger partial charge in [-0.1, -0.05) is 13.8 Å². The highest BCUT2D eigenvalue weighted by Crippen LogP contribution is 2.31. The smallest absolute Gasteiger partial charge is 0.268 e. The first-order chi connectivity index (χ1) is 11.1. The second-order valence-electron chi connectivity index (χ2n) is 5.54. The molecule has 0 bridgehead atoms. The minimum absolute atomic E-state index is 0.102. The first kappa shape index (κ1) is 15.9. The molecule has 0 aliphatic carbocycles. The van der Waals surface area contributed by atoms with Gasteiger partial charge in [-0.2, -0.15) is 0 Å². The molecule has 124 valence electrons. The van der Waals surface area contributed by atoms with E-state index in [2.05, 4.69) is 10.2 Å². The van der Waals surface area contributed by atoms with Gasteiger partial charge in [0.2, 0.25) is 11.8 Å². The molecule has 2 aromatic heterocycles. The van der Waals surface area contributed by atoms with Gasteiger partial charge in [-0.3, -0.25) is 4.79 Å². The summed E-state index contributed by atoms with van der Waals surface area (Å²) in [7, 11) is 1.56. The second-order valence-corrected chi connectivity index (χ2v) is 6.46.